The number of hydrogen-bond acceptors (Lipinski definition) is 1. The van der Waals surface area contributed by atoms with Crippen molar-refractivity contribution < 1.29 is 18.3 Å². The number of aryl methyl sites for hydroxylation is 1. The Morgan fingerprint density at radius 1 is 1.06 bits per heavy atom. The number of phenolic OH excluding ortho intramolecular Hbond substituents is 1. The highest BCUT2D eigenvalue weighted by molar-refractivity contribution is 5.93. The second-order valence-corrected chi connectivity index (χ2v) is 3.63. The molecule has 0 saturated carbocycles. The van der Waals surface area contributed by atoms with Crippen LogP contribution in [0.25, 0.3) is 10.8 Å². The molecule has 0 aliphatic carbocycles. The van der Waals surface area contributed by atoms with Gasteiger partial charge in [0.1, 0.15) is 5.75 Å². The molecule has 84 valence electrons. The third kappa shape index (κ3) is 1.60. The Bertz CT molecular complexity index is 544. The van der Waals surface area contributed by atoms with Crippen LogP contribution in [0.5, 0.6) is 5.75 Å². The third-order valence-electron chi connectivity index (χ3n) is 2.54. The van der Waals surface area contributed by atoms with Gasteiger partial charge in [0.2, 0.25) is 0 Å². The summed E-state index contributed by atoms with van der Waals surface area (Å²) in [6.07, 6.45) is -4.45. The average molecular weight is 226 g/mol. The molecule has 0 saturated heterocycles. The second kappa shape index (κ2) is 3.40. The lowest BCUT2D eigenvalue weighted by Crippen LogP contribution is -2.05. The zero-order chi connectivity index (χ0) is 11.9. The van der Waals surface area contributed by atoms with Gasteiger partial charge in [-0.3, -0.25) is 0 Å². The molecule has 0 aromatic heterocycles. The Balaban J connectivity index is 2.92. The molecule has 0 radical (unpaired) electrons. The highest BCUT2D eigenvalue weighted by Gasteiger charge is 2.33. The van der Waals surface area contributed by atoms with Gasteiger partial charge < -0.3 is 5.11 Å². The Morgan fingerprint density at radius 3 is 2.38 bits per heavy atom. The summed E-state index contributed by atoms with van der Waals surface area (Å²) in [4.78, 5) is 0. The first-order chi connectivity index (χ1) is 7.41. The number of fused-ring (bicyclic) bond motifs is 1. The van der Waals surface area contributed by atoms with Crippen molar-refractivity contribution in [1.82, 2.24) is 0 Å². The van der Waals surface area contributed by atoms with Crippen LogP contribution in [-0.4, -0.2) is 5.11 Å². The summed E-state index contributed by atoms with van der Waals surface area (Å²) < 4.78 is 38.2. The number of rotatable bonds is 0. The van der Waals surface area contributed by atoms with Crippen LogP contribution in [0.2, 0.25) is 0 Å². The maximum absolute atomic E-state index is 12.7. The summed E-state index contributed by atoms with van der Waals surface area (Å²) in [5.41, 5.74) is -0.0925. The molecule has 2 aromatic carbocycles. The van der Waals surface area contributed by atoms with Crippen molar-refractivity contribution >= 4 is 10.8 Å². The molecule has 0 heterocycles. The van der Waals surface area contributed by atoms with Crippen molar-refractivity contribution in [3.05, 3.63) is 41.5 Å². The predicted molar refractivity (Wildman–Crippen MR) is 55.4 cm³/mol. The van der Waals surface area contributed by atoms with Crippen LogP contribution < -0.4 is 0 Å². The lowest BCUT2D eigenvalue weighted by Gasteiger charge is -2.12. The van der Waals surface area contributed by atoms with Crippen molar-refractivity contribution in [2.24, 2.45) is 0 Å². The maximum atomic E-state index is 12.7. The van der Waals surface area contributed by atoms with E-state index in [1.165, 1.54) is 12.1 Å². The van der Waals surface area contributed by atoms with Gasteiger partial charge in [-0.1, -0.05) is 18.2 Å². The summed E-state index contributed by atoms with van der Waals surface area (Å²) >= 11 is 0. The molecular weight excluding hydrogens is 217 g/mol. The van der Waals surface area contributed by atoms with Crippen LogP contribution >= 0.6 is 0 Å². The molecule has 0 atom stereocenters. The van der Waals surface area contributed by atoms with E-state index in [2.05, 4.69) is 0 Å². The smallest absolute Gasteiger partial charge is 0.417 e. The molecule has 1 N–H and O–H groups in total. The molecule has 2 rings (SSSR count). The van der Waals surface area contributed by atoms with Gasteiger partial charge in [0.15, 0.2) is 0 Å². The number of halogens is 3. The number of aromatic hydroxyl groups is 1. The predicted octanol–water partition coefficient (Wildman–Crippen LogP) is 3.87. The Morgan fingerprint density at radius 2 is 1.75 bits per heavy atom. The largest absolute Gasteiger partial charge is 0.507 e. The lowest BCUT2D eigenvalue weighted by atomic mass is 9.99. The average Bonchev–Trinajstić information content (AvgIpc) is 2.22. The van der Waals surface area contributed by atoms with E-state index in [-0.39, 0.29) is 11.1 Å². The molecule has 0 amide bonds. The van der Waals surface area contributed by atoms with Crippen molar-refractivity contribution in [1.29, 1.82) is 0 Å². The zero-order valence-electron chi connectivity index (χ0n) is 8.47. The fourth-order valence-electron chi connectivity index (χ4n) is 1.77. The zero-order valence-corrected chi connectivity index (χ0v) is 8.47. The monoisotopic (exact) mass is 226 g/mol. The van der Waals surface area contributed by atoms with Crippen molar-refractivity contribution in [2.45, 2.75) is 13.1 Å². The Labute approximate surface area is 90.1 Å². The second-order valence-electron chi connectivity index (χ2n) is 3.63. The van der Waals surface area contributed by atoms with Crippen LogP contribution in [0, 0.1) is 6.92 Å². The SMILES string of the molecule is Cc1ccc(O)c2c(C(F)(F)F)cccc12. The summed E-state index contributed by atoms with van der Waals surface area (Å²) in [5.74, 6) is -0.339. The van der Waals surface area contributed by atoms with Gasteiger partial charge in [-0.2, -0.15) is 13.2 Å². The van der Waals surface area contributed by atoms with Gasteiger partial charge in [0.25, 0.3) is 0 Å². The topological polar surface area (TPSA) is 20.2 Å². The highest BCUT2D eigenvalue weighted by atomic mass is 19.4. The molecule has 4 heteroatoms. The van der Waals surface area contributed by atoms with Crippen LogP contribution in [0.15, 0.2) is 30.3 Å². The molecule has 0 aliphatic heterocycles. The van der Waals surface area contributed by atoms with E-state index in [1.54, 1.807) is 19.1 Å². The van der Waals surface area contributed by atoms with E-state index in [0.29, 0.717) is 10.9 Å². The Hall–Kier alpha value is -1.71. The fraction of sp³-hybridized carbons (Fsp3) is 0.167. The molecule has 0 aliphatic rings. The molecule has 0 bridgehead atoms. The minimum absolute atomic E-state index is 0.130. The van der Waals surface area contributed by atoms with Gasteiger partial charge in [0, 0.05) is 5.39 Å². The van der Waals surface area contributed by atoms with Crippen LogP contribution in [0.3, 0.4) is 0 Å². The first kappa shape index (κ1) is 10.8. The summed E-state index contributed by atoms with van der Waals surface area (Å²) in [7, 11) is 0. The molecular formula is C12H9F3O. The molecule has 0 unspecified atom stereocenters. The van der Waals surface area contributed by atoms with E-state index in [0.717, 1.165) is 6.07 Å². The van der Waals surface area contributed by atoms with E-state index >= 15 is 0 Å². The number of hydrogen-bond donors (Lipinski definition) is 1. The minimum Gasteiger partial charge on any atom is -0.507 e. The van der Waals surface area contributed by atoms with E-state index < -0.39 is 11.7 Å². The standard InChI is InChI=1S/C12H9F3O/c1-7-5-6-10(16)11-8(7)3-2-4-9(11)12(13,14)15/h2-6,16H,1H3. The minimum atomic E-state index is -4.45. The summed E-state index contributed by atoms with van der Waals surface area (Å²) in [5, 5.41) is 9.84. The van der Waals surface area contributed by atoms with Gasteiger partial charge in [-0.25, -0.2) is 0 Å². The molecule has 16 heavy (non-hydrogen) atoms. The molecule has 0 spiro atoms. The molecule has 0 fully saturated rings. The molecule has 1 nitrogen and oxygen atoms in total. The van der Waals surface area contributed by atoms with Crippen molar-refractivity contribution in [3.63, 3.8) is 0 Å². The summed E-state index contributed by atoms with van der Waals surface area (Å²) in [6, 6.07) is 6.77. The van der Waals surface area contributed by atoms with Gasteiger partial charge in [-0.15, -0.1) is 0 Å². The third-order valence-corrected chi connectivity index (χ3v) is 2.54. The first-order valence-electron chi connectivity index (χ1n) is 4.70. The maximum Gasteiger partial charge on any atom is 0.417 e. The lowest BCUT2D eigenvalue weighted by molar-refractivity contribution is -0.136. The van der Waals surface area contributed by atoms with E-state index in [1.807, 2.05) is 0 Å². The summed E-state index contributed by atoms with van der Waals surface area (Å²) in [6.45, 7) is 1.71. The number of phenols is 1. The van der Waals surface area contributed by atoms with E-state index in [9.17, 15) is 18.3 Å². The van der Waals surface area contributed by atoms with Crippen molar-refractivity contribution in [3.8, 4) is 5.75 Å². The quantitative estimate of drug-likeness (QED) is 0.722. The van der Waals surface area contributed by atoms with Crippen LogP contribution in [-0.2, 0) is 6.18 Å². The van der Waals surface area contributed by atoms with Gasteiger partial charge in [0.05, 0.1) is 5.56 Å². The van der Waals surface area contributed by atoms with Crippen molar-refractivity contribution in [2.75, 3.05) is 0 Å². The van der Waals surface area contributed by atoms with Crippen LogP contribution in [0.4, 0.5) is 13.2 Å². The van der Waals surface area contributed by atoms with Gasteiger partial charge >= 0.3 is 6.18 Å². The fourth-order valence-corrected chi connectivity index (χ4v) is 1.77. The Kier molecular flexibility index (Phi) is 2.30. The molecule has 2 aromatic rings. The van der Waals surface area contributed by atoms with Crippen LogP contribution in [0.1, 0.15) is 11.1 Å². The number of benzene rings is 2. The first-order valence-corrected chi connectivity index (χ1v) is 4.70. The van der Waals surface area contributed by atoms with E-state index in [4.69, 9.17) is 0 Å². The number of alkyl halides is 3. The van der Waals surface area contributed by atoms with Gasteiger partial charge in [-0.05, 0) is 30.0 Å². The normalized spacial score (nSPS) is 12.0. The highest BCUT2D eigenvalue weighted by Crippen LogP contribution is 2.39.